The fraction of sp³-hybridized carbons (Fsp3) is 0.500. The molecule has 4 heteroatoms. The van der Waals surface area contributed by atoms with Gasteiger partial charge in [-0.1, -0.05) is 0 Å². The minimum Gasteiger partial charge on any atom is -0.369 e. The summed E-state index contributed by atoms with van der Waals surface area (Å²) in [5.74, 6) is 0.447. The normalized spacial score (nSPS) is 12.2. The number of aryl methyl sites for hydroxylation is 2. The average molecular weight is 194 g/mol. The summed E-state index contributed by atoms with van der Waals surface area (Å²) in [5.41, 5.74) is 11.0. The minimum atomic E-state index is 0.207. The lowest BCUT2D eigenvalue weighted by Crippen LogP contribution is -2.32. The van der Waals surface area contributed by atoms with Gasteiger partial charge in [0.1, 0.15) is 0 Å². The Morgan fingerprint density at radius 3 is 2.29 bits per heavy atom. The van der Waals surface area contributed by atoms with Crippen molar-refractivity contribution in [2.24, 2.45) is 10.7 Å². The topological polar surface area (TPSA) is 55.3 Å². The molecule has 78 valence electrons. The molecule has 0 unspecified atom stereocenters. The molecule has 4 nitrogen and oxygen atoms in total. The van der Waals surface area contributed by atoms with Crippen LogP contribution < -0.4 is 11.2 Å². The largest absolute Gasteiger partial charge is 0.369 e. The predicted molar refractivity (Wildman–Crippen MR) is 60.0 cm³/mol. The van der Waals surface area contributed by atoms with Crippen molar-refractivity contribution in [2.75, 3.05) is 5.43 Å². The first kappa shape index (κ1) is 10.6. The Labute approximate surface area is 84.8 Å². The van der Waals surface area contributed by atoms with Gasteiger partial charge in [-0.15, -0.1) is 0 Å². The maximum Gasteiger partial charge on any atom is 0.208 e. The summed E-state index contributed by atoms with van der Waals surface area (Å²) in [6.45, 7) is 8.01. The fourth-order valence-corrected chi connectivity index (χ4v) is 1.27. The van der Waals surface area contributed by atoms with E-state index in [1.807, 2.05) is 44.5 Å². The first-order valence-corrected chi connectivity index (χ1v) is 4.76. The maximum atomic E-state index is 5.72. The average Bonchev–Trinajstić information content (AvgIpc) is 2.34. The Bertz CT molecular complexity index is 316. The highest BCUT2D eigenvalue weighted by molar-refractivity contribution is 5.85. The van der Waals surface area contributed by atoms with Crippen molar-refractivity contribution < 1.29 is 0 Å². The highest BCUT2D eigenvalue weighted by Gasteiger charge is 2.01. The molecule has 0 bridgehead atoms. The van der Waals surface area contributed by atoms with E-state index in [0.29, 0.717) is 5.96 Å². The minimum absolute atomic E-state index is 0.207. The number of rotatable bonds is 2. The monoisotopic (exact) mass is 194 g/mol. The SMILES string of the molecule is Cc1ccc(C)n1NC(N)=NC(C)C. The Morgan fingerprint density at radius 1 is 1.36 bits per heavy atom. The molecule has 1 aromatic rings. The van der Waals surface area contributed by atoms with Gasteiger partial charge in [0.15, 0.2) is 0 Å². The van der Waals surface area contributed by atoms with E-state index in [9.17, 15) is 0 Å². The van der Waals surface area contributed by atoms with Gasteiger partial charge < -0.3 is 5.73 Å². The fourth-order valence-electron chi connectivity index (χ4n) is 1.27. The summed E-state index contributed by atoms with van der Waals surface area (Å²) in [6, 6.07) is 4.27. The Kier molecular flexibility index (Phi) is 3.17. The molecule has 3 N–H and O–H groups in total. The van der Waals surface area contributed by atoms with Gasteiger partial charge in [-0.25, -0.2) is 4.99 Å². The van der Waals surface area contributed by atoms with Crippen molar-refractivity contribution in [3.63, 3.8) is 0 Å². The first-order chi connectivity index (χ1) is 6.50. The molecular weight excluding hydrogens is 176 g/mol. The van der Waals surface area contributed by atoms with Gasteiger partial charge in [-0.05, 0) is 39.8 Å². The molecule has 0 saturated heterocycles. The Hall–Kier alpha value is -1.45. The van der Waals surface area contributed by atoms with Crippen molar-refractivity contribution in [2.45, 2.75) is 33.7 Å². The van der Waals surface area contributed by atoms with Gasteiger partial charge in [-0.3, -0.25) is 10.1 Å². The molecule has 0 aromatic carbocycles. The summed E-state index contributed by atoms with van der Waals surface area (Å²) in [7, 11) is 0. The van der Waals surface area contributed by atoms with Crippen LogP contribution in [0.4, 0.5) is 0 Å². The highest BCUT2D eigenvalue weighted by atomic mass is 15.5. The maximum absolute atomic E-state index is 5.72. The molecule has 0 aliphatic carbocycles. The van der Waals surface area contributed by atoms with Gasteiger partial charge >= 0.3 is 0 Å². The molecule has 1 aromatic heterocycles. The molecule has 0 aliphatic heterocycles. The van der Waals surface area contributed by atoms with Crippen molar-refractivity contribution >= 4 is 5.96 Å². The van der Waals surface area contributed by atoms with Crippen LogP contribution in [-0.4, -0.2) is 16.7 Å². The molecular formula is C10H18N4. The van der Waals surface area contributed by atoms with Crippen LogP contribution in [0.5, 0.6) is 0 Å². The van der Waals surface area contributed by atoms with Gasteiger partial charge in [0.05, 0.1) is 0 Å². The van der Waals surface area contributed by atoms with Crippen LogP contribution in [0.15, 0.2) is 17.1 Å². The van der Waals surface area contributed by atoms with Crippen molar-refractivity contribution in [3.05, 3.63) is 23.5 Å². The smallest absolute Gasteiger partial charge is 0.208 e. The predicted octanol–water partition coefficient (Wildman–Crippen LogP) is 1.37. The number of nitrogens with zero attached hydrogens (tertiary/aromatic N) is 2. The number of nitrogens with two attached hydrogens (primary N) is 1. The standard InChI is InChI=1S/C10H18N4/c1-7(2)12-10(11)13-14-8(3)5-6-9(14)4/h5-7H,1-4H3,(H3,11,12,13). The molecule has 0 aliphatic rings. The molecule has 0 saturated carbocycles. The van der Waals surface area contributed by atoms with Crippen LogP contribution in [0.2, 0.25) is 0 Å². The van der Waals surface area contributed by atoms with E-state index in [-0.39, 0.29) is 6.04 Å². The van der Waals surface area contributed by atoms with Gasteiger partial charge in [0.2, 0.25) is 5.96 Å². The van der Waals surface area contributed by atoms with Crippen LogP contribution >= 0.6 is 0 Å². The number of guanidine groups is 1. The van der Waals surface area contributed by atoms with E-state index in [4.69, 9.17) is 5.73 Å². The molecule has 0 radical (unpaired) electrons. The van der Waals surface area contributed by atoms with Crippen LogP contribution in [0.1, 0.15) is 25.2 Å². The second-order valence-electron chi connectivity index (χ2n) is 3.67. The van der Waals surface area contributed by atoms with Crippen LogP contribution in [0.3, 0.4) is 0 Å². The van der Waals surface area contributed by atoms with E-state index in [1.165, 1.54) is 0 Å². The van der Waals surface area contributed by atoms with Gasteiger partial charge in [0, 0.05) is 17.4 Å². The summed E-state index contributed by atoms with van der Waals surface area (Å²) in [5, 5.41) is 0. The molecule has 0 atom stereocenters. The number of nitrogens with one attached hydrogen (secondary N) is 1. The molecule has 0 spiro atoms. The number of aliphatic imine (C=N–C) groups is 1. The van der Waals surface area contributed by atoms with E-state index >= 15 is 0 Å². The zero-order chi connectivity index (χ0) is 10.7. The third-order valence-corrected chi connectivity index (χ3v) is 1.89. The third-order valence-electron chi connectivity index (χ3n) is 1.89. The lowest BCUT2D eigenvalue weighted by Gasteiger charge is -2.12. The Balaban J connectivity index is 2.79. The van der Waals surface area contributed by atoms with Gasteiger partial charge in [-0.2, -0.15) is 0 Å². The highest BCUT2D eigenvalue weighted by Crippen LogP contribution is 2.03. The van der Waals surface area contributed by atoms with E-state index in [2.05, 4.69) is 10.4 Å². The summed E-state index contributed by atoms with van der Waals surface area (Å²) < 4.78 is 1.92. The quantitative estimate of drug-likeness (QED) is 0.552. The van der Waals surface area contributed by atoms with Crippen molar-refractivity contribution in [1.82, 2.24) is 4.68 Å². The number of hydrogen-bond acceptors (Lipinski definition) is 1. The zero-order valence-electron chi connectivity index (χ0n) is 9.20. The number of aromatic nitrogens is 1. The lowest BCUT2D eigenvalue weighted by molar-refractivity contribution is 0.818. The molecule has 1 rings (SSSR count). The summed E-state index contributed by atoms with van der Waals surface area (Å²) in [6.07, 6.45) is 0. The lowest BCUT2D eigenvalue weighted by atomic mass is 10.4. The van der Waals surface area contributed by atoms with Crippen molar-refractivity contribution in [1.29, 1.82) is 0 Å². The second-order valence-corrected chi connectivity index (χ2v) is 3.67. The van der Waals surface area contributed by atoms with E-state index < -0.39 is 0 Å². The Morgan fingerprint density at radius 2 is 1.86 bits per heavy atom. The molecule has 14 heavy (non-hydrogen) atoms. The van der Waals surface area contributed by atoms with Crippen LogP contribution in [0.25, 0.3) is 0 Å². The summed E-state index contributed by atoms with van der Waals surface area (Å²) in [4.78, 5) is 4.20. The molecule has 1 heterocycles. The number of hydrogen-bond donors (Lipinski definition) is 2. The van der Waals surface area contributed by atoms with Gasteiger partial charge in [0.25, 0.3) is 0 Å². The zero-order valence-corrected chi connectivity index (χ0v) is 9.20. The van der Waals surface area contributed by atoms with Crippen LogP contribution in [-0.2, 0) is 0 Å². The molecule has 0 amide bonds. The molecule has 0 fully saturated rings. The summed E-state index contributed by atoms with van der Waals surface area (Å²) >= 11 is 0. The first-order valence-electron chi connectivity index (χ1n) is 4.76. The van der Waals surface area contributed by atoms with Crippen molar-refractivity contribution in [3.8, 4) is 0 Å². The second kappa shape index (κ2) is 4.17. The van der Waals surface area contributed by atoms with E-state index in [1.54, 1.807) is 0 Å². The van der Waals surface area contributed by atoms with E-state index in [0.717, 1.165) is 11.4 Å². The van der Waals surface area contributed by atoms with Crippen LogP contribution in [0, 0.1) is 13.8 Å². The third kappa shape index (κ3) is 2.52.